The lowest BCUT2D eigenvalue weighted by atomic mass is 9.80. The highest BCUT2D eigenvalue weighted by molar-refractivity contribution is 7.26. The summed E-state index contributed by atoms with van der Waals surface area (Å²) in [7, 11) is 0. The quantitative estimate of drug-likeness (QED) is 0.179. The summed E-state index contributed by atoms with van der Waals surface area (Å²) >= 11 is 1.95. The second kappa shape index (κ2) is 8.10. The van der Waals surface area contributed by atoms with Crippen molar-refractivity contribution < 1.29 is 0 Å². The molecular formula is C43H27NS. The molecule has 0 radical (unpaired) electrons. The van der Waals surface area contributed by atoms with Crippen molar-refractivity contribution in [3.05, 3.63) is 139 Å². The Morgan fingerprint density at radius 3 is 2.00 bits per heavy atom. The third kappa shape index (κ3) is 2.77. The van der Waals surface area contributed by atoms with E-state index in [9.17, 15) is 0 Å². The number of para-hydroxylation sites is 1. The normalized spacial score (nSPS) is 14.2. The molecule has 2 heterocycles. The molecule has 0 amide bonds. The van der Waals surface area contributed by atoms with Crippen molar-refractivity contribution >= 4 is 64.1 Å². The van der Waals surface area contributed by atoms with Crippen LogP contribution in [0.1, 0.15) is 25.0 Å². The van der Waals surface area contributed by atoms with Gasteiger partial charge >= 0.3 is 0 Å². The zero-order valence-corrected chi connectivity index (χ0v) is 25.8. The molecule has 45 heavy (non-hydrogen) atoms. The van der Waals surface area contributed by atoms with Gasteiger partial charge < -0.3 is 4.57 Å². The van der Waals surface area contributed by atoms with Gasteiger partial charge in [-0.15, -0.1) is 11.3 Å². The number of hydrogen-bond acceptors (Lipinski definition) is 1. The van der Waals surface area contributed by atoms with Crippen LogP contribution < -0.4 is 0 Å². The monoisotopic (exact) mass is 589 g/mol. The van der Waals surface area contributed by atoms with Crippen molar-refractivity contribution in [3.8, 4) is 39.1 Å². The molecule has 0 bridgehead atoms. The Hall–Kier alpha value is -5.18. The van der Waals surface area contributed by atoms with Crippen LogP contribution in [0.4, 0.5) is 0 Å². The second-order valence-corrected chi connectivity index (χ2v) is 14.3. The lowest BCUT2D eigenvalue weighted by Crippen LogP contribution is -2.15. The highest BCUT2D eigenvalue weighted by atomic mass is 32.1. The highest BCUT2D eigenvalue weighted by Crippen LogP contribution is 2.59. The third-order valence-corrected chi connectivity index (χ3v) is 11.9. The standard InChI is InChI=1S/C43H27NS/c1-43(2)32-19-8-5-14-28(32)37-38-30-15-6-9-20-33(30)44(41(38)42-39(40(37)43)31-16-7-10-21-35(31)45-42)34-23-22-27-25-13-4-3-12-24(25)26-17-11-18-29(34)36(26)27/h3-23H,1-2H3. The zero-order valence-electron chi connectivity index (χ0n) is 25.0. The van der Waals surface area contributed by atoms with Crippen LogP contribution in [0, 0.1) is 0 Å². The summed E-state index contributed by atoms with van der Waals surface area (Å²) in [5, 5.41) is 8.15. The van der Waals surface area contributed by atoms with Gasteiger partial charge in [-0.1, -0.05) is 123 Å². The number of aromatic nitrogens is 1. The summed E-state index contributed by atoms with van der Waals surface area (Å²) in [6.07, 6.45) is 0. The van der Waals surface area contributed by atoms with Crippen LogP contribution in [0.3, 0.4) is 0 Å². The number of fused-ring (bicyclic) bond motifs is 15. The highest BCUT2D eigenvalue weighted by Gasteiger charge is 2.40. The van der Waals surface area contributed by atoms with Crippen LogP contribution in [-0.4, -0.2) is 4.57 Å². The maximum atomic E-state index is 2.60. The Kier molecular flexibility index (Phi) is 4.35. The minimum atomic E-state index is -0.112. The van der Waals surface area contributed by atoms with Gasteiger partial charge in [-0.3, -0.25) is 0 Å². The van der Waals surface area contributed by atoms with Gasteiger partial charge in [0.05, 0.1) is 21.4 Å². The van der Waals surface area contributed by atoms with E-state index in [4.69, 9.17) is 0 Å². The van der Waals surface area contributed by atoms with Crippen molar-refractivity contribution in [1.29, 1.82) is 0 Å². The molecule has 0 spiro atoms. The first-order chi connectivity index (χ1) is 22.1. The third-order valence-electron chi connectivity index (χ3n) is 10.7. The number of benzene rings is 7. The summed E-state index contributed by atoms with van der Waals surface area (Å²) in [6, 6.07) is 47.7. The molecule has 1 nitrogen and oxygen atoms in total. The maximum Gasteiger partial charge on any atom is 0.0726 e. The average Bonchev–Trinajstić information content (AvgIpc) is 3.79. The first-order valence-electron chi connectivity index (χ1n) is 15.8. The van der Waals surface area contributed by atoms with Crippen LogP contribution >= 0.6 is 11.3 Å². The van der Waals surface area contributed by atoms with E-state index in [1.165, 1.54) is 103 Å². The van der Waals surface area contributed by atoms with Crippen molar-refractivity contribution in [2.75, 3.05) is 0 Å². The predicted octanol–water partition coefficient (Wildman–Crippen LogP) is 12.3. The summed E-state index contributed by atoms with van der Waals surface area (Å²) in [4.78, 5) is 0. The molecule has 0 aliphatic heterocycles. The largest absolute Gasteiger partial charge is 0.307 e. The van der Waals surface area contributed by atoms with Crippen molar-refractivity contribution in [2.45, 2.75) is 19.3 Å². The van der Waals surface area contributed by atoms with Crippen molar-refractivity contribution in [1.82, 2.24) is 4.57 Å². The predicted molar refractivity (Wildman–Crippen MR) is 193 cm³/mol. The SMILES string of the molecule is CC1(C)c2ccccc2-c2c1c1c3ccccc3sc1c1c2c2ccccc2n1-c1ccc2c3c(cccc13)-c1ccccc1-2. The van der Waals surface area contributed by atoms with Gasteiger partial charge in [-0.2, -0.15) is 0 Å². The Labute approximate surface area is 264 Å². The zero-order chi connectivity index (χ0) is 29.6. The topological polar surface area (TPSA) is 4.93 Å². The first kappa shape index (κ1) is 24.2. The van der Waals surface area contributed by atoms with E-state index in [2.05, 4.69) is 146 Å². The fourth-order valence-electron chi connectivity index (χ4n) is 8.93. The molecule has 0 saturated carbocycles. The van der Waals surface area contributed by atoms with Crippen molar-refractivity contribution in [3.63, 3.8) is 0 Å². The molecule has 2 aliphatic carbocycles. The smallest absolute Gasteiger partial charge is 0.0726 e. The fourth-order valence-corrected chi connectivity index (χ4v) is 10.2. The minimum Gasteiger partial charge on any atom is -0.307 e. The van der Waals surface area contributed by atoms with Gasteiger partial charge in [-0.25, -0.2) is 0 Å². The van der Waals surface area contributed by atoms with Gasteiger partial charge in [0, 0.05) is 37.0 Å². The summed E-state index contributed by atoms with van der Waals surface area (Å²) in [6.45, 7) is 4.85. The van der Waals surface area contributed by atoms with Gasteiger partial charge in [0.25, 0.3) is 0 Å². The van der Waals surface area contributed by atoms with Crippen LogP contribution in [0.15, 0.2) is 127 Å². The number of rotatable bonds is 1. The Morgan fingerprint density at radius 1 is 0.511 bits per heavy atom. The molecule has 210 valence electrons. The summed E-state index contributed by atoms with van der Waals surface area (Å²) in [5.41, 5.74) is 14.8. The Balaban J connectivity index is 1.41. The van der Waals surface area contributed by atoms with Crippen molar-refractivity contribution in [2.24, 2.45) is 0 Å². The molecule has 2 aromatic heterocycles. The lowest BCUT2D eigenvalue weighted by Gasteiger charge is -2.23. The molecule has 0 atom stereocenters. The fraction of sp³-hybridized carbons (Fsp3) is 0.0698. The molecule has 9 aromatic rings. The summed E-state index contributed by atoms with van der Waals surface area (Å²) < 4.78 is 5.33. The van der Waals surface area contributed by atoms with Gasteiger partial charge in [0.15, 0.2) is 0 Å². The molecule has 11 rings (SSSR count). The van der Waals surface area contributed by atoms with E-state index in [0.717, 1.165) is 0 Å². The van der Waals surface area contributed by atoms with Crippen LogP contribution in [0.5, 0.6) is 0 Å². The molecule has 0 saturated heterocycles. The minimum absolute atomic E-state index is 0.112. The van der Waals surface area contributed by atoms with Crippen LogP contribution in [-0.2, 0) is 5.41 Å². The van der Waals surface area contributed by atoms with Gasteiger partial charge in [0.2, 0.25) is 0 Å². The number of thiophene rings is 1. The van der Waals surface area contributed by atoms with E-state index in [-0.39, 0.29) is 5.41 Å². The maximum absolute atomic E-state index is 2.60. The summed E-state index contributed by atoms with van der Waals surface area (Å²) in [5.74, 6) is 0. The van der Waals surface area contributed by atoms with Gasteiger partial charge in [0.1, 0.15) is 0 Å². The molecule has 7 aromatic carbocycles. The van der Waals surface area contributed by atoms with E-state index in [0.29, 0.717) is 0 Å². The van der Waals surface area contributed by atoms with Crippen LogP contribution in [0.2, 0.25) is 0 Å². The van der Waals surface area contributed by atoms with Gasteiger partial charge in [-0.05, 0) is 68.1 Å². The Morgan fingerprint density at radius 2 is 1.16 bits per heavy atom. The molecular weight excluding hydrogens is 563 g/mol. The van der Waals surface area contributed by atoms with E-state index >= 15 is 0 Å². The first-order valence-corrected chi connectivity index (χ1v) is 16.6. The lowest BCUT2D eigenvalue weighted by molar-refractivity contribution is 0.667. The number of hydrogen-bond donors (Lipinski definition) is 0. The van der Waals surface area contributed by atoms with E-state index in [1.807, 2.05) is 11.3 Å². The molecule has 2 aliphatic rings. The van der Waals surface area contributed by atoms with E-state index < -0.39 is 0 Å². The number of nitrogens with zero attached hydrogens (tertiary/aromatic N) is 1. The van der Waals surface area contributed by atoms with E-state index in [1.54, 1.807) is 0 Å². The second-order valence-electron chi connectivity index (χ2n) is 13.2. The molecule has 0 N–H and O–H groups in total. The molecule has 0 unspecified atom stereocenters. The molecule has 0 fully saturated rings. The van der Waals surface area contributed by atoms with Crippen LogP contribution in [0.25, 0.3) is 91.8 Å². The Bertz CT molecular complexity index is 2760. The average molecular weight is 590 g/mol. The molecule has 2 heteroatoms.